The van der Waals surface area contributed by atoms with Crippen molar-refractivity contribution < 1.29 is 8.78 Å². The molecule has 0 saturated heterocycles. The highest BCUT2D eigenvalue weighted by Gasteiger charge is 2.30. The van der Waals surface area contributed by atoms with Crippen molar-refractivity contribution in [3.05, 3.63) is 71.9 Å². The van der Waals surface area contributed by atoms with Crippen LogP contribution in [-0.2, 0) is 6.42 Å². The van der Waals surface area contributed by atoms with E-state index in [4.69, 9.17) is 0 Å². The summed E-state index contributed by atoms with van der Waals surface area (Å²) in [5.74, 6) is 0.847. The maximum absolute atomic E-state index is 14.6. The molecule has 146 valence electrons. The van der Waals surface area contributed by atoms with Crippen LogP contribution in [0.1, 0.15) is 68.9 Å². The predicted octanol–water partition coefficient (Wildman–Crippen LogP) is 7.52. The Balaban J connectivity index is 1.60. The zero-order valence-corrected chi connectivity index (χ0v) is 16.5. The van der Waals surface area contributed by atoms with Crippen molar-refractivity contribution in [2.75, 3.05) is 0 Å². The number of hydrogen-bond donors (Lipinski definition) is 0. The number of allylic oxidation sites excluding steroid dienone is 5. The van der Waals surface area contributed by atoms with Crippen LogP contribution in [0, 0.1) is 29.4 Å². The monoisotopic (exact) mass is 370 g/mol. The second kappa shape index (κ2) is 9.48. The van der Waals surface area contributed by atoms with E-state index in [1.54, 1.807) is 12.1 Å². The smallest absolute Gasteiger partial charge is 0.162 e. The second-order valence-corrected chi connectivity index (χ2v) is 8.20. The molecule has 0 amide bonds. The first kappa shape index (κ1) is 20.0. The van der Waals surface area contributed by atoms with E-state index in [9.17, 15) is 8.78 Å². The molecule has 0 spiro atoms. The normalized spacial score (nSPS) is 28.6. The second-order valence-electron chi connectivity index (χ2n) is 8.20. The average molecular weight is 371 g/mol. The van der Waals surface area contributed by atoms with Gasteiger partial charge in [-0.2, -0.15) is 0 Å². The van der Waals surface area contributed by atoms with Crippen molar-refractivity contribution in [2.24, 2.45) is 17.8 Å². The van der Waals surface area contributed by atoms with Crippen LogP contribution in [0.15, 0.2) is 49.1 Å². The zero-order chi connectivity index (χ0) is 19.2. The lowest BCUT2D eigenvalue weighted by Gasteiger charge is -2.35. The highest BCUT2D eigenvalue weighted by atomic mass is 19.2. The fourth-order valence-corrected chi connectivity index (χ4v) is 4.89. The van der Waals surface area contributed by atoms with Crippen molar-refractivity contribution in [1.82, 2.24) is 0 Å². The van der Waals surface area contributed by atoms with E-state index in [1.807, 2.05) is 6.07 Å². The SMILES string of the molecule is C=CCCc1ccc(C2CCC(C3C=CC(C=CC)CC3)CC2)c(F)c1F. The summed E-state index contributed by atoms with van der Waals surface area (Å²) in [6.45, 7) is 5.73. The third kappa shape index (κ3) is 4.78. The first-order valence-corrected chi connectivity index (χ1v) is 10.5. The lowest BCUT2D eigenvalue weighted by Crippen LogP contribution is -2.23. The Bertz CT molecular complexity index is 693. The van der Waals surface area contributed by atoms with Crippen LogP contribution in [0.3, 0.4) is 0 Å². The fourth-order valence-electron chi connectivity index (χ4n) is 4.89. The molecule has 0 bridgehead atoms. The summed E-state index contributed by atoms with van der Waals surface area (Å²) in [5, 5.41) is 0. The van der Waals surface area contributed by atoms with Gasteiger partial charge in [-0.05, 0) is 93.1 Å². The summed E-state index contributed by atoms with van der Waals surface area (Å²) in [5.41, 5.74) is 1.05. The summed E-state index contributed by atoms with van der Waals surface area (Å²) in [7, 11) is 0. The van der Waals surface area contributed by atoms with Gasteiger partial charge in [-0.3, -0.25) is 0 Å². The van der Waals surface area contributed by atoms with Gasteiger partial charge in [-0.1, -0.05) is 42.5 Å². The van der Waals surface area contributed by atoms with E-state index in [2.05, 4.69) is 37.8 Å². The molecule has 2 atom stereocenters. The Morgan fingerprint density at radius 2 is 1.78 bits per heavy atom. The van der Waals surface area contributed by atoms with Crippen LogP contribution in [0.2, 0.25) is 0 Å². The van der Waals surface area contributed by atoms with Crippen molar-refractivity contribution in [3.63, 3.8) is 0 Å². The Morgan fingerprint density at radius 3 is 2.41 bits per heavy atom. The van der Waals surface area contributed by atoms with Gasteiger partial charge in [-0.15, -0.1) is 6.58 Å². The Kier molecular flexibility index (Phi) is 7.04. The van der Waals surface area contributed by atoms with Gasteiger partial charge in [0, 0.05) is 0 Å². The van der Waals surface area contributed by atoms with Gasteiger partial charge < -0.3 is 0 Å². The number of benzene rings is 1. The van der Waals surface area contributed by atoms with Gasteiger partial charge in [0.25, 0.3) is 0 Å². The van der Waals surface area contributed by atoms with Crippen LogP contribution in [-0.4, -0.2) is 0 Å². The molecule has 1 saturated carbocycles. The highest BCUT2D eigenvalue weighted by Crippen LogP contribution is 2.43. The molecule has 2 unspecified atom stereocenters. The third-order valence-electron chi connectivity index (χ3n) is 6.51. The van der Waals surface area contributed by atoms with Gasteiger partial charge in [0.1, 0.15) is 0 Å². The summed E-state index contributed by atoms with van der Waals surface area (Å²) >= 11 is 0. The standard InChI is InChI=1S/C25H32F2/c1-3-5-7-22-16-17-23(25(27)24(22)26)21-14-12-20(13-15-21)19-10-8-18(6-4-2)9-11-19/h3-4,6,8,10,16-21H,1,5,7,9,11-15H2,2H3. The predicted molar refractivity (Wildman–Crippen MR) is 110 cm³/mol. The Morgan fingerprint density at radius 1 is 1.00 bits per heavy atom. The summed E-state index contributed by atoms with van der Waals surface area (Å²) in [4.78, 5) is 0. The fraction of sp³-hybridized carbons (Fsp3) is 0.520. The molecule has 0 aliphatic heterocycles. The van der Waals surface area contributed by atoms with E-state index in [-0.39, 0.29) is 5.92 Å². The Hall–Kier alpha value is -1.70. The average Bonchev–Trinajstić information content (AvgIpc) is 2.70. The lowest BCUT2D eigenvalue weighted by atomic mass is 9.70. The van der Waals surface area contributed by atoms with Gasteiger partial charge >= 0.3 is 0 Å². The minimum absolute atomic E-state index is 0.160. The molecule has 0 N–H and O–H groups in total. The van der Waals surface area contributed by atoms with Gasteiger partial charge in [0.15, 0.2) is 11.6 Å². The molecule has 0 aromatic heterocycles. The van der Waals surface area contributed by atoms with Crippen LogP contribution in [0.5, 0.6) is 0 Å². The molecule has 2 aliphatic rings. The van der Waals surface area contributed by atoms with E-state index in [0.29, 0.717) is 41.7 Å². The molecule has 27 heavy (non-hydrogen) atoms. The van der Waals surface area contributed by atoms with E-state index < -0.39 is 11.6 Å². The molecule has 0 nitrogen and oxygen atoms in total. The molecule has 3 rings (SSSR count). The largest absolute Gasteiger partial charge is 0.203 e. The first-order valence-electron chi connectivity index (χ1n) is 10.5. The molecule has 0 heterocycles. The minimum Gasteiger partial charge on any atom is -0.203 e. The maximum atomic E-state index is 14.6. The van der Waals surface area contributed by atoms with E-state index in [0.717, 1.165) is 25.7 Å². The zero-order valence-electron chi connectivity index (χ0n) is 16.5. The van der Waals surface area contributed by atoms with E-state index in [1.165, 1.54) is 12.8 Å². The first-order chi connectivity index (χ1) is 13.1. The molecule has 2 aliphatic carbocycles. The van der Waals surface area contributed by atoms with Crippen molar-refractivity contribution >= 4 is 0 Å². The van der Waals surface area contributed by atoms with Crippen LogP contribution in [0.25, 0.3) is 0 Å². The molecular formula is C25H32F2. The summed E-state index contributed by atoms with van der Waals surface area (Å²) < 4.78 is 29.0. The Labute approximate surface area is 163 Å². The third-order valence-corrected chi connectivity index (χ3v) is 6.51. The quantitative estimate of drug-likeness (QED) is 0.454. The highest BCUT2D eigenvalue weighted by molar-refractivity contribution is 5.30. The van der Waals surface area contributed by atoms with Crippen molar-refractivity contribution in [2.45, 2.75) is 64.2 Å². The van der Waals surface area contributed by atoms with Crippen LogP contribution >= 0.6 is 0 Å². The van der Waals surface area contributed by atoms with E-state index >= 15 is 0 Å². The summed E-state index contributed by atoms with van der Waals surface area (Å²) in [6, 6.07) is 3.60. The van der Waals surface area contributed by atoms with Crippen molar-refractivity contribution in [1.29, 1.82) is 0 Å². The molecule has 2 heteroatoms. The maximum Gasteiger partial charge on any atom is 0.162 e. The minimum atomic E-state index is -0.651. The molecule has 1 fully saturated rings. The van der Waals surface area contributed by atoms with Crippen molar-refractivity contribution in [3.8, 4) is 0 Å². The van der Waals surface area contributed by atoms with Crippen LogP contribution < -0.4 is 0 Å². The molecule has 1 aromatic rings. The number of hydrogen-bond acceptors (Lipinski definition) is 0. The van der Waals surface area contributed by atoms with Gasteiger partial charge in [-0.25, -0.2) is 8.78 Å². The summed E-state index contributed by atoms with van der Waals surface area (Å²) in [6.07, 6.45) is 18.8. The number of halogens is 2. The van der Waals surface area contributed by atoms with Crippen LogP contribution in [0.4, 0.5) is 8.78 Å². The molecule has 0 radical (unpaired) electrons. The molecular weight excluding hydrogens is 338 g/mol. The number of aryl methyl sites for hydroxylation is 1. The number of rotatable bonds is 6. The molecule has 1 aromatic carbocycles. The van der Waals surface area contributed by atoms with Gasteiger partial charge in [0.2, 0.25) is 0 Å². The van der Waals surface area contributed by atoms with Gasteiger partial charge in [0.05, 0.1) is 0 Å². The lowest BCUT2D eigenvalue weighted by molar-refractivity contribution is 0.242. The topological polar surface area (TPSA) is 0 Å².